The fourth-order valence-electron chi connectivity index (χ4n) is 2.92. The van der Waals surface area contributed by atoms with Gasteiger partial charge in [0.05, 0.1) is 12.5 Å². The summed E-state index contributed by atoms with van der Waals surface area (Å²) < 4.78 is 5.29. The van der Waals surface area contributed by atoms with Crippen molar-refractivity contribution < 1.29 is 14.3 Å². The van der Waals surface area contributed by atoms with Gasteiger partial charge >= 0.3 is 5.97 Å². The number of benzene rings is 1. The summed E-state index contributed by atoms with van der Waals surface area (Å²) >= 11 is 1.81. The highest BCUT2D eigenvalue weighted by Crippen LogP contribution is 2.39. The van der Waals surface area contributed by atoms with E-state index < -0.39 is 12.0 Å². The third-order valence-electron chi connectivity index (χ3n) is 4.50. The Morgan fingerprint density at radius 1 is 1.29 bits per heavy atom. The summed E-state index contributed by atoms with van der Waals surface area (Å²) in [5.41, 5.74) is 6.75. The molecule has 6 heteroatoms. The van der Waals surface area contributed by atoms with Gasteiger partial charge in [-0.05, 0) is 24.7 Å². The molecule has 5 nitrogen and oxygen atoms in total. The Hall–Kier alpha value is -1.53. The van der Waals surface area contributed by atoms with Crippen LogP contribution < -0.4 is 11.1 Å². The summed E-state index contributed by atoms with van der Waals surface area (Å²) in [6.45, 7) is 0.809. The molecule has 1 atom stereocenters. The van der Waals surface area contributed by atoms with Crippen molar-refractivity contribution in [2.24, 2.45) is 5.73 Å². The molecule has 1 fully saturated rings. The number of amides is 1. The lowest BCUT2D eigenvalue weighted by Crippen LogP contribution is -2.47. The number of rotatable bonds is 8. The Bertz CT molecular complexity index is 544. The Kier molecular flexibility index (Phi) is 7.12. The maximum absolute atomic E-state index is 12.1. The molecular formula is C18H26N2O3S. The molecule has 0 aromatic heterocycles. The van der Waals surface area contributed by atoms with Crippen molar-refractivity contribution in [3.8, 4) is 0 Å². The number of carbonyl (C=O) groups excluding carboxylic acids is 2. The van der Waals surface area contributed by atoms with Crippen molar-refractivity contribution in [2.75, 3.05) is 12.8 Å². The van der Waals surface area contributed by atoms with E-state index in [1.807, 2.05) is 30.3 Å². The SMILES string of the molecule is CSC1(CNC(=O)[C@@H](N)CC(=O)OCc2ccccc2)CCCC1. The number of ether oxygens (including phenoxy) is 1. The van der Waals surface area contributed by atoms with E-state index in [0.29, 0.717) is 6.54 Å². The summed E-state index contributed by atoms with van der Waals surface area (Å²) in [4.78, 5) is 23.9. The lowest BCUT2D eigenvalue weighted by atomic mass is 10.1. The minimum absolute atomic E-state index is 0.106. The third kappa shape index (κ3) is 5.53. The Morgan fingerprint density at radius 3 is 2.58 bits per heavy atom. The van der Waals surface area contributed by atoms with Gasteiger partial charge in [-0.25, -0.2) is 0 Å². The smallest absolute Gasteiger partial charge is 0.308 e. The lowest BCUT2D eigenvalue weighted by molar-refractivity contribution is -0.146. The number of hydrogen-bond donors (Lipinski definition) is 2. The third-order valence-corrected chi connectivity index (χ3v) is 5.92. The summed E-state index contributed by atoms with van der Waals surface area (Å²) in [6, 6.07) is 8.55. The molecule has 24 heavy (non-hydrogen) atoms. The number of hydrogen-bond acceptors (Lipinski definition) is 5. The van der Waals surface area contributed by atoms with Gasteiger partial charge < -0.3 is 15.8 Å². The predicted molar refractivity (Wildman–Crippen MR) is 96.6 cm³/mol. The van der Waals surface area contributed by atoms with Crippen molar-refractivity contribution in [3.05, 3.63) is 35.9 Å². The van der Waals surface area contributed by atoms with Crippen LogP contribution in [0.2, 0.25) is 0 Å². The fraction of sp³-hybridized carbons (Fsp3) is 0.556. The van der Waals surface area contributed by atoms with E-state index in [1.54, 1.807) is 11.8 Å². The van der Waals surface area contributed by atoms with Gasteiger partial charge in [0, 0.05) is 11.3 Å². The second-order valence-electron chi connectivity index (χ2n) is 6.27. The molecule has 0 unspecified atom stereocenters. The summed E-state index contributed by atoms with van der Waals surface area (Å²) in [5.74, 6) is -0.742. The van der Waals surface area contributed by atoms with Crippen LogP contribution in [0.3, 0.4) is 0 Å². The fourth-order valence-corrected chi connectivity index (χ4v) is 3.83. The molecule has 0 spiro atoms. The van der Waals surface area contributed by atoms with Gasteiger partial charge in [-0.3, -0.25) is 9.59 Å². The molecular weight excluding hydrogens is 324 g/mol. The molecule has 1 aliphatic rings. The molecule has 1 aromatic rings. The Morgan fingerprint density at radius 2 is 1.96 bits per heavy atom. The first-order valence-corrected chi connectivity index (χ1v) is 9.55. The molecule has 0 radical (unpaired) electrons. The predicted octanol–water partition coefficient (Wildman–Crippen LogP) is 2.24. The molecule has 1 amide bonds. The average Bonchev–Trinajstić information content (AvgIpc) is 3.08. The van der Waals surface area contributed by atoms with Crippen LogP contribution in [0.5, 0.6) is 0 Å². The number of carbonyl (C=O) groups is 2. The molecule has 1 aromatic carbocycles. The number of esters is 1. The molecule has 0 bridgehead atoms. The van der Waals surface area contributed by atoms with Crippen LogP contribution >= 0.6 is 11.8 Å². The Labute approximate surface area is 147 Å². The maximum atomic E-state index is 12.1. The molecule has 1 aliphatic carbocycles. The minimum Gasteiger partial charge on any atom is -0.461 e. The molecule has 1 saturated carbocycles. The van der Waals surface area contributed by atoms with Crippen molar-refractivity contribution in [1.82, 2.24) is 5.32 Å². The van der Waals surface area contributed by atoms with E-state index in [4.69, 9.17) is 10.5 Å². The van der Waals surface area contributed by atoms with Gasteiger partial charge in [-0.1, -0.05) is 43.2 Å². The van der Waals surface area contributed by atoms with Gasteiger partial charge in [-0.15, -0.1) is 0 Å². The van der Waals surface area contributed by atoms with Crippen LogP contribution in [-0.4, -0.2) is 35.5 Å². The quantitative estimate of drug-likeness (QED) is 0.703. The zero-order chi connectivity index (χ0) is 17.4. The van der Waals surface area contributed by atoms with Gasteiger partial charge in [0.1, 0.15) is 6.61 Å². The number of nitrogens with two attached hydrogens (primary N) is 1. The number of nitrogens with one attached hydrogen (secondary N) is 1. The van der Waals surface area contributed by atoms with Crippen LogP contribution in [0.4, 0.5) is 0 Å². The molecule has 0 saturated heterocycles. The molecule has 2 rings (SSSR count). The van der Waals surface area contributed by atoms with Gasteiger partial charge in [-0.2, -0.15) is 11.8 Å². The normalized spacial score (nSPS) is 17.2. The van der Waals surface area contributed by atoms with Crippen molar-refractivity contribution in [2.45, 2.75) is 49.5 Å². The first-order chi connectivity index (χ1) is 11.5. The monoisotopic (exact) mass is 350 g/mol. The second kappa shape index (κ2) is 9.08. The van der Waals surface area contributed by atoms with Gasteiger partial charge in [0.25, 0.3) is 0 Å². The van der Waals surface area contributed by atoms with Crippen molar-refractivity contribution in [3.63, 3.8) is 0 Å². The Balaban J connectivity index is 1.71. The highest BCUT2D eigenvalue weighted by atomic mass is 32.2. The van der Waals surface area contributed by atoms with Crippen LogP contribution in [-0.2, 0) is 20.9 Å². The first-order valence-electron chi connectivity index (χ1n) is 8.33. The summed E-state index contributed by atoms with van der Waals surface area (Å²) in [7, 11) is 0. The van der Waals surface area contributed by atoms with Crippen LogP contribution in [0.1, 0.15) is 37.7 Å². The van der Waals surface area contributed by atoms with E-state index in [1.165, 1.54) is 12.8 Å². The molecule has 132 valence electrons. The zero-order valence-corrected chi connectivity index (χ0v) is 14.9. The van der Waals surface area contributed by atoms with Crippen LogP contribution in [0.25, 0.3) is 0 Å². The summed E-state index contributed by atoms with van der Waals surface area (Å²) in [5, 5.41) is 2.90. The van der Waals surface area contributed by atoms with Gasteiger partial charge in [0.15, 0.2) is 0 Å². The highest BCUT2D eigenvalue weighted by molar-refractivity contribution is 8.00. The molecule has 0 aliphatic heterocycles. The van der Waals surface area contributed by atoms with E-state index in [9.17, 15) is 9.59 Å². The van der Waals surface area contributed by atoms with Crippen LogP contribution in [0, 0.1) is 0 Å². The zero-order valence-electron chi connectivity index (χ0n) is 14.1. The van der Waals surface area contributed by atoms with Crippen molar-refractivity contribution in [1.29, 1.82) is 0 Å². The van der Waals surface area contributed by atoms with E-state index in [-0.39, 0.29) is 23.7 Å². The van der Waals surface area contributed by atoms with E-state index in [0.717, 1.165) is 18.4 Å². The van der Waals surface area contributed by atoms with E-state index >= 15 is 0 Å². The van der Waals surface area contributed by atoms with E-state index in [2.05, 4.69) is 11.6 Å². The first kappa shape index (κ1) is 18.8. The van der Waals surface area contributed by atoms with Crippen LogP contribution in [0.15, 0.2) is 30.3 Å². The maximum Gasteiger partial charge on any atom is 0.308 e. The van der Waals surface area contributed by atoms with Crippen molar-refractivity contribution >= 4 is 23.6 Å². The standard InChI is InChI=1S/C18H26N2O3S/c1-24-18(9-5-6-10-18)13-20-17(22)15(19)11-16(21)23-12-14-7-3-2-4-8-14/h2-4,7-8,15H,5-6,9-13,19H2,1H3,(H,20,22)/t15-/m0/s1. The highest BCUT2D eigenvalue weighted by Gasteiger charge is 2.33. The molecule has 0 heterocycles. The summed E-state index contributed by atoms with van der Waals surface area (Å²) in [6.07, 6.45) is 6.61. The lowest BCUT2D eigenvalue weighted by Gasteiger charge is -2.27. The largest absolute Gasteiger partial charge is 0.461 e. The van der Waals surface area contributed by atoms with Gasteiger partial charge in [0.2, 0.25) is 5.91 Å². The second-order valence-corrected chi connectivity index (χ2v) is 7.54. The molecule has 3 N–H and O–H groups in total. The number of thioether (sulfide) groups is 1. The topological polar surface area (TPSA) is 81.4 Å². The minimum atomic E-state index is -0.867. The average molecular weight is 350 g/mol.